The van der Waals surface area contributed by atoms with E-state index < -0.39 is 11.3 Å². The van der Waals surface area contributed by atoms with Crippen LogP contribution in [0.2, 0.25) is 5.02 Å². The fourth-order valence-corrected chi connectivity index (χ4v) is 2.66. The topological polar surface area (TPSA) is 59.3 Å². The first-order valence-corrected chi connectivity index (χ1v) is 7.65. The van der Waals surface area contributed by atoms with Gasteiger partial charge in [0.15, 0.2) is 0 Å². The van der Waals surface area contributed by atoms with E-state index in [-0.39, 0.29) is 11.3 Å². The Balaban J connectivity index is 2.14. The van der Waals surface area contributed by atoms with E-state index in [9.17, 15) is 14.7 Å². The first-order chi connectivity index (χ1) is 11.5. The van der Waals surface area contributed by atoms with Crippen LogP contribution in [0.1, 0.15) is 15.9 Å². The number of benzene rings is 2. The quantitative estimate of drug-likeness (QED) is 0.741. The van der Waals surface area contributed by atoms with Crippen LogP contribution in [0.3, 0.4) is 0 Å². The molecule has 0 saturated heterocycles. The van der Waals surface area contributed by atoms with Crippen molar-refractivity contribution < 1.29 is 9.90 Å². The van der Waals surface area contributed by atoms with E-state index in [4.69, 9.17) is 11.6 Å². The SMILES string of the molecule is Cn1c(-c2ccccc2)cc(O)c(C(=O)c2ccc(Cl)cc2)c1=O. The average Bonchev–Trinajstić information content (AvgIpc) is 2.59. The number of ketones is 1. The van der Waals surface area contributed by atoms with E-state index in [1.165, 1.54) is 22.8 Å². The second-order valence-corrected chi connectivity index (χ2v) is 5.79. The maximum atomic E-state index is 12.6. The van der Waals surface area contributed by atoms with Gasteiger partial charge in [-0.2, -0.15) is 0 Å². The molecule has 3 rings (SSSR count). The van der Waals surface area contributed by atoms with Crippen molar-refractivity contribution in [3.05, 3.63) is 87.2 Å². The Bertz CT molecular complexity index is 960. The highest BCUT2D eigenvalue weighted by molar-refractivity contribution is 6.30. The standard InChI is InChI=1S/C19H14ClNO3/c1-21-15(12-5-3-2-4-6-12)11-16(22)17(19(21)24)18(23)13-7-9-14(20)10-8-13/h2-11,22H,1H3. The first kappa shape index (κ1) is 16.0. The molecule has 0 unspecified atom stereocenters. The molecule has 0 bridgehead atoms. The lowest BCUT2D eigenvalue weighted by Crippen LogP contribution is -2.26. The molecule has 2 aromatic carbocycles. The molecule has 3 aromatic rings. The van der Waals surface area contributed by atoms with Gasteiger partial charge in [-0.15, -0.1) is 0 Å². The van der Waals surface area contributed by atoms with Crippen LogP contribution in [0, 0.1) is 0 Å². The summed E-state index contributed by atoms with van der Waals surface area (Å²) >= 11 is 5.81. The number of carbonyl (C=O) groups excluding carboxylic acids is 1. The minimum absolute atomic E-state index is 0.250. The Morgan fingerprint density at radius 3 is 2.29 bits per heavy atom. The molecule has 0 aliphatic carbocycles. The van der Waals surface area contributed by atoms with Crippen LogP contribution >= 0.6 is 11.6 Å². The average molecular weight is 340 g/mol. The number of halogens is 1. The number of hydrogen-bond acceptors (Lipinski definition) is 3. The molecule has 1 heterocycles. The number of pyridine rings is 1. The van der Waals surface area contributed by atoms with Gasteiger partial charge in [0.25, 0.3) is 5.56 Å². The van der Waals surface area contributed by atoms with Crippen LogP contribution in [0.4, 0.5) is 0 Å². The highest BCUT2D eigenvalue weighted by atomic mass is 35.5. The lowest BCUT2D eigenvalue weighted by atomic mass is 10.0. The molecule has 0 aliphatic rings. The lowest BCUT2D eigenvalue weighted by molar-refractivity contribution is 0.103. The summed E-state index contributed by atoms with van der Waals surface area (Å²) in [5.74, 6) is -0.874. The third kappa shape index (κ3) is 2.84. The van der Waals surface area contributed by atoms with Crippen LogP contribution in [-0.2, 0) is 7.05 Å². The van der Waals surface area contributed by atoms with Crippen LogP contribution < -0.4 is 5.56 Å². The van der Waals surface area contributed by atoms with E-state index in [1.807, 2.05) is 30.3 Å². The molecule has 120 valence electrons. The van der Waals surface area contributed by atoms with Crippen molar-refractivity contribution in [3.63, 3.8) is 0 Å². The maximum absolute atomic E-state index is 12.6. The highest BCUT2D eigenvalue weighted by Gasteiger charge is 2.21. The van der Waals surface area contributed by atoms with Gasteiger partial charge in [-0.05, 0) is 29.8 Å². The Labute approximate surface area is 143 Å². The third-order valence-corrected chi connectivity index (χ3v) is 4.06. The predicted molar refractivity (Wildman–Crippen MR) is 93.7 cm³/mol. The van der Waals surface area contributed by atoms with Gasteiger partial charge in [0.05, 0.1) is 5.69 Å². The molecule has 0 atom stereocenters. The van der Waals surface area contributed by atoms with E-state index >= 15 is 0 Å². The summed E-state index contributed by atoms with van der Waals surface area (Å²) in [7, 11) is 1.57. The second-order valence-electron chi connectivity index (χ2n) is 5.36. The highest BCUT2D eigenvalue weighted by Crippen LogP contribution is 2.25. The first-order valence-electron chi connectivity index (χ1n) is 7.27. The third-order valence-electron chi connectivity index (χ3n) is 3.81. The maximum Gasteiger partial charge on any atom is 0.265 e. The molecule has 0 amide bonds. The van der Waals surface area contributed by atoms with Crippen LogP contribution in [0.25, 0.3) is 11.3 Å². The minimum Gasteiger partial charge on any atom is -0.507 e. The molecular weight excluding hydrogens is 326 g/mol. The number of aromatic nitrogens is 1. The van der Waals surface area contributed by atoms with Gasteiger partial charge in [-0.3, -0.25) is 9.59 Å². The van der Waals surface area contributed by atoms with Crippen molar-refractivity contribution in [3.8, 4) is 17.0 Å². The molecule has 0 radical (unpaired) electrons. The molecule has 0 fully saturated rings. The van der Waals surface area contributed by atoms with Crippen molar-refractivity contribution in [2.24, 2.45) is 7.05 Å². The smallest absolute Gasteiger partial charge is 0.265 e. The normalized spacial score (nSPS) is 10.6. The van der Waals surface area contributed by atoms with Gasteiger partial charge in [0, 0.05) is 23.7 Å². The summed E-state index contributed by atoms with van der Waals surface area (Å²) in [5, 5.41) is 10.8. The molecule has 0 saturated carbocycles. The Morgan fingerprint density at radius 2 is 1.67 bits per heavy atom. The molecule has 1 N–H and O–H groups in total. The molecule has 1 aromatic heterocycles. The Hall–Kier alpha value is -2.85. The zero-order valence-corrected chi connectivity index (χ0v) is 13.6. The molecule has 5 heteroatoms. The predicted octanol–water partition coefficient (Wildman–Crippen LogP) is 3.64. The Kier molecular flexibility index (Phi) is 4.23. The van der Waals surface area contributed by atoms with Gasteiger partial charge in [-0.25, -0.2) is 0 Å². The van der Waals surface area contributed by atoms with Gasteiger partial charge in [-0.1, -0.05) is 41.9 Å². The van der Waals surface area contributed by atoms with Crippen molar-refractivity contribution in [2.75, 3.05) is 0 Å². The van der Waals surface area contributed by atoms with Crippen molar-refractivity contribution in [1.82, 2.24) is 4.57 Å². The molecular formula is C19H14ClNO3. The summed E-state index contributed by atoms with van der Waals surface area (Å²) in [6.45, 7) is 0. The summed E-state index contributed by atoms with van der Waals surface area (Å²) in [5.41, 5.74) is 0.802. The van der Waals surface area contributed by atoms with Gasteiger partial charge >= 0.3 is 0 Å². The van der Waals surface area contributed by atoms with Gasteiger partial charge < -0.3 is 9.67 Å². The van der Waals surface area contributed by atoms with E-state index in [1.54, 1.807) is 19.2 Å². The van der Waals surface area contributed by atoms with Crippen molar-refractivity contribution in [1.29, 1.82) is 0 Å². The van der Waals surface area contributed by atoms with Gasteiger partial charge in [0.1, 0.15) is 11.3 Å². The Morgan fingerprint density at radius 1 is 1.04 bits per heavy atom. The summed E-state index contributed by atoms with van der Waals surface area (Å²) in [6, 6.07) is 16.8. The zero-order chi connectivity index (χ0) is 17.3. The zero-order valence-electron chi connectivity index (χ0n) is 12.9. The van der Waals surface area contributed by atoms with Crippen LogP contribution in [0.5, 0.6) is 5.75 Å². The minimum atomic E-state index is -0.547. The lowest BCUT2D eigenvalue weighted by Gasteiger charge is -2.12. The number of carbonyl (C=O) groups is 1. The second kappa shape index (κ2) is 6.34. The molecule has 0 aliphatic heterocycles. The van der Waals surface area contributed by atoms with Crippen molar-refractivity contribution in [2.45, 2.75) is 0 Å². The van der Waals surface area contributed by atoms with Crippen LogP contribution in [0.15, 0.2) is 65.5 Å². The fraction of sp³-hybridized carbons (Fsp3) is 0.0526. The van der Waals surface area contributed by atoms with E-state index in [0.717, 1.165) is 5.56 Å². The number of rotatable bonds is 3. The summed E-state index contributed by atoms with van der Waals surface area (Å²) < 4.78 is 1.36. The van der Waals surface area contributed by atoms with Gasteiger partial charge in [0.2, 0.25) is 5.78 Å². The fourth-order valence-electron chi connectivity index (χ4n) is 2.53. The van der Waals surface area contributed by atoms with E-state index in [0.29, 0.717) is 16.3 Å². The molecule has 0 spiro atoms. The number of nitrogens with zero attached hydrogens (tertiary/aromatic N) is 1. The monoisotopic (exact) mass is 339 g/mol. The number of aromatic hydroxyl groups is 1. The molecule has 4 nitrogen and oxygen atoms in total. The molecule has 24 heavy (non-hydrogen) atoms. The largest absolute Gasteiger partial charge is 0.507 e. The summed E-state index contributed by atoms with van der Waals surface area (Å²) in [6.07, 6.45) is 0. The summed E-state index contributed by atoms with van der Waals surface area (Å²) in [4.78, 5) is 25.2. The number of hydrogen-bond donors (Lipinski definition) is 1. The van der Waals surface area contributed by atoms with Crippen LogP contribution in [-0.4, -0.2) is 15.5 Å². The van der Waals surface area contributed by atoms with Crippen molar-refractivity contribution >= 4 is 17.4 Å². The van der Waals surface area contributed by atoms with E-state index in [2.05, 4.69) is 0 Å².